The SMILES string of the molecule is O=C(CCCCCC(O)c1ccc(F)cc1)N[C@H](CN1CC[C@H](O)C1)[C@H](O)c1ccc2c(c1)OCCO2. The van der Waals surface area contributed by atoms with E-state index >= 15 is 0 Å². The second kappa shape index (κ2) is 13.2. The number of aliphatic hydroxyl groups excluding tert-OH is 3. The van der Waals surface area contributed by atoms with Crippen LogP contribution in [0.4, 0.5) is 4.39 Å². The van der Waals surface area contributed by atoms with Gasteiger partial charge in [-0.25, -0.2) is 4.39 Å². The summed E-state index contributed by atoms with van der Waals surface area (Å²) in [6, 6.07) is 10.6. The number of ether oxygens (including phenoxy) is 2. The quantitative estimate of drug-likeness (QED) is 0.321. The highest BCUT2D eigenvalue weighted by molar-refractivity contribution is 5.76. The molecule has 1 amide bonds. The van der Waals surface area contributed by atoms with E-state index in [0.717, 1.165) is 12.8 Å². The summed E-state index contributed by atoms with van der Waals surface area (Å²) in [6.45, 7) is 2.56. The van der Waals surface area contributed by atoms with E-state index in [9.17, 15) is 24.5 Å². The molecule has 1 fully saturated rings. The summed E-state index contributed by atoms with van der Waals surface area (Å²) in [5, 5.41) is 34.4. The number of unbranched alkanes of at least 4 members (excludes halogenated alkanes) is 2. The lowest BCUT2D eigenvalue weighted by Gasteiger charge is -2.29. The van der Waals surface area contributed by atoms with Crippen LogP contribution < -0.4 is 14.8 Å². The van der Waals surface area contributed by atoms with E-state index in [1.54, 1.807) is 30.3 Å². The van der Waals surface area contributed by atoms with Crippen LogP contribution in [-0.2, 0) is 4.79 Å². The Labute approximate surface area is 217 Å². The molecule has 0 aromatic heterocycles. The predicted molar refractivity (Wildman–Crippen MR) is 136 cm³/mol. The third kappa shape index (κ3) is 7.88. The fourth-order valence-corrected chi connectivity index (χ4v) is 4.89. The van der Waals surface area contributed by atoms with Crippen molar-refractivity contribution >= 4 is 5.91 Å². The number of carbonyl (C=O) groups excluding carboxylic acids is 1. The molecular formula is C28H37FN2O6. The number of carbonyl (C=O) groups is 1. The second-order valence-corrected chi connectivity index (χ2v) is 9.89. The van der Waals surface area contributed by atoms with E-state index in [1.807, 2.05) is 4.90 Å². The molecule has 202 valence electrons. The van der Waals surface area contributed by atoms with Gasteiger partial charge in [0.15, 0.2) is 11.5 Å². The lowest BCUT2D eigenvalue weighted by Crippen LogP contribution is -2.47. The molecule has 4 rings (SSSR count). The number of nitrogens with zero attached hydrogens (tertiary/aromatic N) is 1. The molecule has 0 radical (unpaired) electrons. The number of likely N-dealkylation sites (tertiary alicyclic amines) is 1. The second-order valence-electron chi connectivity index (χ2n) is 9.89. The van der Waals surface area contributed by atoms with Crippen LogP contribution in [0.25, 0.3) is 0 Å². The van der Waals surface area contributed by atoms with Crippen LogP contribution >= 0.6 is 0 Å². The molecule has 2 aromatic carbocycles. The van der Waals surface area contributed by atoms with Gasteiger partial charge in [-0.2, -0.15) is 0 Å². The molecule has 1 saturated heterocycles. The molecule has 0 bridgehead atoms. The Kier molecular flexibility index (Phi) is 9.74. The number of benzene rings is 2. The van der Waals surface area contributed by atoms with Crippen LogP contribution in [0.3, 0.4) is 0 Å². The number of halogens is 1. The Bertz CT molecular complexity index is 1020. The number of fused-ring (bicyclic) bond motifs is 1. The first-order valence-corrected chi connectivity index (χ1v) is 13.1. The number of aliphatic hydroxyl groups is 3. The number of amides is 1. The summed E-state index contributed by atoms with van der Waals surface area (Å²) in [6.07, 6.45) is 1.66. The average Bonchev–Trinajstić information content (AvgIpc) is 3.32. The van der Waals surface area contributed by atoms with Gasteiger partial charge in [-0.05, 0) is 54.7 Å². The third-order valence-electron chi connectivity index (χ3n) is 6.97. The molecule has 2 aliphatic heterocycles. The number of nitrogens with one attached hydrogen (secondary N) is 1. The van der Waals surface area contributed by atoms with Gasteiger partial charge < -0.3 is 30.1 Å². The Hall–Kier alpha value is -2.72. The molecule has 2 aromatic rings. The molecule has 2 aliphatic rings. The predicted octanol–water partition coefficient (Wildman–Crippen LogP) is 2.87. The van der Waals surface area contributed by atoms with Gasteiger partial charge in [0.25, 0.3) is 0 Å². The zero-order valence-electron chi connectivity index (χ0n) is 21.0. The summed E-state index contributed by atoms with van der Waals surface area (Å²) in [7, 11) is 0. The van der Waals surface area contributed by atoms with Crippen molar-refractivity contribution in [1.82, 2.24) is 10.2 Å². The van der Waals surface area contributed by atoms with Crippen LogP contribution in [0, 0.1) is 5.82 Å². The summed E-state index contributed by atoms with van der Waals surface area (Å²) in [5.74, 6) is 0.725. The van der Waals surface area contributed by atoms with Crippen molar-refractivity contribution in [2.75, 3.05) is 32.8 Å². The van der Waals surface area contributed by atoms with Gasteiger partial charge in [0.2, 0.25) is 5.91 Å². The van der Waals surface area contributed by atoms with Gasteiger partial charge in [0, 0.05) is 26.1 Å². The highest BCUT2D eigenvalue weighted by atomic mass is 19.1. The van der Waals surface area contributed by atoms with E-state index in [1.165, 1.54) is 12.1 Å². The average molecular weight is 517 g/mol. The Morgan fingerprint density at radius 1 is 1.03 bits per heavy atom. The molecule has 0 aliphatic carbocycles. The zero-order valence-corrected chi connectivity index (χ0v) is 21.0. The molecule has 2 heterocycles. The van der Waals surface area contributed by atoms with Crippen LogP contribution in [-0.4, -0.2) is 71.1 Å². The maximum Gasteiger partial charge on any atom is 0.220 e. The fraction of sp³-hybridized carbons (Fsp3) is 0.536. The lowest BCUT2D eigenvalue weighted by atomic mass is 10.00. The van der Waals surface area contributed by atoms with Crippen LogP contribution in [0.15, 0.2) is 42.5 Å². The molecule has 37 heavy (non-hydrogen) atoms. The first-order chi connectivity index (χ1) is 17.9. The van der Waals surface area contributed by atoms with Crippen molar-refractivity contribution in [2.24, 2.45) is 0 Å². The van der Waals surface area contributed by atoms with Crippen molar-refractivity contribution in [3.63, 3.8) is 0 Å². The van der Waals surface area contributed by atoms with Crippen molar-refractivity contribution < 1.29 is 34.0 Å². The van der Waals surface area contributed by atoms with Gasteiger partial charge in [0.05, 0.1) is 18.2 Å². The standard InChI is InChI=1S/C28H37FN2O6/c29-21-9-6-19(7-10-21)24(33)4-2-1-3-5-27(34)30-23(18-31-13-12-22(32)17-31)28(35)20-8-11-25-26(16-20)37-15-14-36-25/h6-11,16,22-24,28,32-33,35H,1-5,12-15,17-18H2,(H,30,34)/t22-,23+,24?,28+/m0/s1. The van der Waals surface area contributed by atoms with Gasteiger partial charge >= 0.3 is 0 Å². The van der Waals surface area contributed by atoms with Crippen molar-refractivity contribution in [3.8, 4) is 11.5 Å². The molecule has 4 N–H and O–H groups in total. The lowest BCUT2D eigenvalue weighted by molar-refractivity contribution is -0.123. The Morgan fingerprint density at radius 3 is 2.49 bits per heavy atom. The van der Waals surface area contributed by atoms with Crippen molar-refractivity contribution in [3.05, 3.63) is 59.4 Å². The fourth-order valence-electron chi connectivity index (χ4n) is 4.89. The molecule has 0 spiro atoms. The summed E-state index contributed by atoms with van der Waals surface area (Å²) >= 11 is 0. The van der Waals surface area contributed by atoms with E-state index in [2.05, 4.69) is 5.32 Å². The number of β-amino-alcohol motifs (C(OH)–C–C–N with tert-alkyl or cyclic N) is 1. The monoisotopic (exact) mass is 516 g/mol. The topological polar surface area (TPSA) is 111 Å². The maximum absolute atomic E-state index is 13.1. The molecule has 4 atom stereocenters. The van der Waals surface area contributed by atoms with Gasteiger partial charge in [-0.3, -0.25) is 9.69 Å². The highest BCUT2D eigenvalue weighted by Gasteiger charge is 2.29. The van der Waals surface area contributed by atoms with Gasteiger partial charge in [-0.15, -0.1) is 0 Å². The smallest absolute Gasteiger partial charge is 0.220 e. The van der Waals surface area contributed by atoms with E-state index in [-0.39, 0.29) is 11.7 Å². The Balaban J connectivity index is 1.28. The van der Waals surface area contributed by atoms with E-state index < -0.39 is 24.4 Å². The summed E-state index contributed by atoms with van der Waals surface area (Å²) in [5.41, 5.74) is 1.31. The van der Waals surface area contributed by atoms with Gasteiger partial charge in [-0.1, -0.05) is 31.0 Å². The van der Waals surface area contributed by atoms with Crippen LogP contribution in [0.2, 0.25) is 0 Å². The highest BCUT2D eigenvalue weighted by Crippen LogP contribution is 2.33. The molecule has 0 saturated carbocycles. The number of hydrogen-bond acceptors (Lipinski definition) is 7. The van der Waals surface area contributed by atoms with Crippen LogP contribution in [0.1, 0.15) is 61.9 Å². The Morgan fingerprint density at radius 2 is 1.76 bits per heavy atom. The third-order valence-corrected chi connectivity index (χ3v) is 6.97. The molecule has 8 nitrogen and oxygen atoms in total. The largest absolute Gasteiger partial charge is 0.486 e. The minimum absolute atomic E-state index is 0.152. The number of rotatable bonds is 12. The first-order valence-electron chi connectivity index (χ1n) is 13.1. The molecule has 1 unspecified atom stereocenters. The number of hydrogen-bond donors (Lipinski definition) is 4. The van der Waals surface area contributed by atoms with Crippen molar-refractivity contribution in [2.45, 2.75) is 62.9 Å². The van der Waals surface area contributed by atoms with E-state index in [4.69, 9.17) is 9.47 Å². The van der Waals surface area contributed by atoms with E-state index in [0.29, 0.717) is 81.2 Å². The molecular weight excluding hydrogens is 479 g/mol. The summed E-state index contributed by atoms with van der Waals surface area (Å²) < 4.78 is 24.3. The normalized spacial score (nSPS) is 19.8. The van der Waals surface area contributed by atoms with Crippen molar-refractivity contribution in [1.29, 1.82) is 0 Å². The van der Waals surface area contributed by atoms with Gasteiger partial charge in [0.1, 0.15) is 25.1 Å². The maximum atomic E-state index is 13.1. The summed E-state index contributed by atoms with van der Waals surface area (Å²) in [4.78, 5) is 14.8. The molecule has 9 heteroatoms. The van der Waals surface area contributed by atoms with Crippen LogP contribution in [0.5, 0.6) is 11.5 Å². The zero-order chi connectivity index (χ0) is 26.2. The minimum atomic E-state index is -0.955. The first kappa shape index (κ1) is 27.3. The minimum Gasteiger partial charge on any atom is -0.486 e.